The number of methoxy groups -OCH3 is 1. The molecule has 0 bridgehead atoms. The Morgan fingerprint density at radius 3 is 2.85 bits per heavy atom. The molecule has 0 spiro atoms. The third-order valence-corrected chi connectivity index (χ3v) is 2.97. The zero-order valence-electron chi connectivity index (χ0n) is 11.0. The van der Waals surface area contributed by atoms with Crippen molar-refractivity contribution in [2.24, 2.45) is 0 Å². The number of carbonyl (C=O) groups excluding carboxylic acids is 1. The highest BCUT2D eigenvalue weighted by molar-refractivity contribution is 6.32. The van der Waals surface area contributed by atoms with Gasteiger partial charge in [-0.25, -0.2) is 4.98 Å². The number of aromatic hydroxyl groups is 1. The second kappa shape index (κ2) is 5.79. The van der Waals surface area contributed by atoms with E-state index in [2.05, 4.69) is 10.3 Å². The Hall–Kier alpha value is -2.27. The molecular formula is C14H13ClN2O3. The standard InChI is InChI=1S/C14H13ClN2O3/c1-8-5-11(13(15)16-7-8)17-14(19)10-6-9(20-2)3-4-12(10)18/h3-7,18H,1-2H3,(H,17,19). The Morgan fingerprint density at radius 1 is 1.40 bits per heavy atom. The van der Waals surface area contributed by atoms with Crippen molar-refractivity contribution in [1.29, 1.82) is 0 Å². The van der Waals surface area contributed by atoms with Gasteiger partial charge in [-0.15, -0.1) is 0 Å². The predicted molar refractivity (Wildman–Crippen MR) is 76.6 cm³/mol. The Balaban J connectivity index is 2.30. The van der Waals surface area contributed by atoms with Crippen LogP contribution in [0.2, 0.25) is 5.15 Å². The van der Waals surface area contributed by atoms with Gasteiger partial charge in [-0.2, -0.15) is 0 Å². The van der Waals surface area contributed by atoms with Crippen molar-refractivity contribution in [3.8, 4) is 11.5 Å². The molecule has 2 rings (SSSR count). The molecule has 6 heteroatoms. The average molecular weight is 293 g/mol. The van der Waals surface area contributed by atoms with Gasteiger partial charge < -0.3 is 15.2 Å². The minimum absolute atomic E-state index is 0.0990. The lowest BCUT2D eigenvalue weighted by Crippen LogP contribution is -2.13. The minimum Gasteiger partial charge on any atom is -0.507 e. The number of rotatable bonds is 3. The Labute approximate surface area is 121 Å². The number of phenols is 1. The highest BCUT2D eigenvalue weighted by Crippen LogP contribution is 2.25. The summed E-state index contributed by atoms with van der Waals surface area (Å²) in [4.78, 5) is 16.1. The van der Waals surface area contributed by atoms with Crippen LogP contribution in [0.1, 0.15) is 15.9 Å². The number of phenolic OH excluding ortho intramolecular Hbond substituents is 1. The topological polar surface area (TPSA) is 71.5 Å². The molecule has 2 aromatic rings. The number of aromatic nitrogens is 1. The summed E-state index contributed by atoms with van der Waals surface area (Å²) in [6, 6.07) is 6.10. The summed E-state index contributed by atoms with van der Waals surface area (Å²) in [5.41, 5.74) is 1.35. The summed E-state index contributed by atoms with van der Waals surface area (Å²) in [5.74, 6) is -0.155. The number of anilines is 1. The van der Waals surface area contributed by atoms with E-state index in [9.17, 15) is 9.90 Å². The molecule has 1 amide bonds. The molecule has 1 aromatic heterocycles. The summed E-state index contributed by atoms with van der Waals surface area (Å²) in [6.07, 6.45) is 1.60. The van der Waals surface area contributed by atoms with Gasteiger partial charge in [0.1, 0.15) is 11.5 Å². The summed E-state index contributed by atoms with van der Waals surface area (Å²) in [6.45, 7) is 1.84. The van der Waals surface area contributed by atoms with Crippen LogP contribution in [0.25, 0.3) is 0 Å². The lowest BCUT2D eigenvalue weighted by atomic mass is 10.1. The predicted octanol–water partition coefficient (Wildman–Crippen LogP) is 3.01. The van der Waals surface area contributed by atoms with Crippen molar-refractivity contribution in [1.82, 2.24) is 4.98 Å². The molecule has 1 aromatic carbocycles. The molecular weight excluding hydrogens is 280 g/mol. The molecule has 0 unspecified atom stereocenters. The van der Waals surface area contributed by atoms with Crippen molar-refractivity contribution in [3.63, 3.8) is 0 Å². The number of nitrogens with zero attached hydrogens (tertiary/aromatic N) is 1. The first-order valence-electron chi connectivity index (χ1n) is 5.81. The number of hydrogen-bond donors (Lipinski definition) is 2. The number of hydrogen-bond acceptors (Lipinski definition) is 4. The summed E-state index contributed by atoms with van der Waals surface area (Å²) < 4.78 is 5.02. The second-order valence-corrected chi connectivity index (χ2v) is 4.55. The zero-order chi connectivity index (χ0) is 14.7. The van der Waals surface area contributed by atoms with Crippen LogP contribution < -0.4 is 10.1 Å². The average Bonchev–Trinajstić information content (AvgIpc) is 2.43. The van der Waals surface area contributed by atoms with Crippen molar-refractivity contribution < 1.29 is 14.6 Å². The van der Waals surface area contributed by atoms with E-state index >= 15 is 0 Å². The molecule has 1 heterocycles. The Bertz CT molecular complexity index is 659. The first kappa shape index (κ1) is 14.1. The number of carbonyl (C=O) groups is 1. The first-order valence-corrected chi connectivity index (χ1v) is 6.19. The zero-order valence-corrected chi connectivity index (χ0v) is 11.7. The Morgan fingerprint density at radius 2 is 2.15 bits per heavy atom. The van der Waals surface area contributed by atoms with Crippen molar-refractivity contribution >= 4 is 23.2 Å². The van der Waals surface area contributed by atoms with Crippen LogP contribution in [0.5, 0.6) is 11.5 Å². The Kier molecular flexibility index (Phi) is 4.10. The molecule has 2 N–H and O–H groups in total. The molecule has 5 nitrogen and oxygen atoms in total. The maximum atomic E-state index is 12.2. The van der Waals surface area contributed by atoms with E-state index in [1.165, 1.54) is 19.2 Å². The number of pyridine rings is 1. The van der Waals surface area contributed by atoms with Crippen LogP contribution in [0.4, 0.5) is 5.69 Å². The van der Waals surface area contributed by atoms with Crippen LogP contribution >= 0.6 is 11.6 Å². The number of amides is 1. The fourth-order valence-electron chi connectivity index (χ4n) is 1.65. The highest BCUT2D eigenvalue weighted by Gasteiger charge is 2.14. The fraction of sp³-hybridized carbons (Fsp3) is 0.143. The normalized spacial score (nSPS) is 10.2. The number of halogens is 1. The van der Waals surface area contributed by atoms with E-state index in [0.29, 0.717) is 11.4 Å². The highest BCUT2D eigenvalue weighted by atomic mass is 35.5. The lowest BCUT2D eigenvalue weighted by molar-refractivity contribution is 0.102. The molecule has 0 saturated carbocycles. The van der Waals surface area contributed by atoms with Gasteiger partial charge in [0, 0.05) is 6.20 Å². The van der Waals surface area contributed by atoms with Gasteiger partial charge in [0.05, 0.1) is 18.4 Å². The maximum absolute atomic E-state index is 12.2. The summed E-state index contributed by atoms with van der Waals surface area (Å²) >= 11 is 5.91. The quantitative estimate of drug-likeness (QED) is 0.853. The van der Waals surface area contributed by atoms with Gasteiger partial charge in [0.25, 0.3) is 5.91 Å². The van der Waals surface area contributed by atoms with Gasteiger partial charge in [0.15, 0.2) is 5.15 Å². The van der Waals surface area contributed by atoms with E-state index in [-0.39, 0.29) is 16.5 Å². The molecule has 0 aliphatic rings. The summed E-state index contributed by atoms with van der Waals surface area (Å²) in [7, 11) is 1.48. The van der Waals surface area contributed by atoms with E-state index in [0.717, 1.165) is 5.56 Å². The van der Waals surface area contributed by atoms with E-state index in [1.807, 2.05) is 6.92 Å². The van der Waals surface area contributed by atoms with E-state index < -0.39 is 5.91 Å². The molecule has 0 aliphatic heterocycles. The SMILES string of the molecule is COc1ccc(O)c(C(=O)Nc2cc(C)cnc2Cl)c1. The smallest absolute Gasteiger partial charge is 0.259 e. The largest absolute Gasteiger partial charge is 0.507 e. The fourth-order valence-corrected chi connectivity index (χ4v) is 1.80. The molecule has 0 saturated heterocycles. The third kappa shape index (κ3) is 3.00. The minimum atomic E-state index is -0.490. The molecule has 0 aliphatic carbocycles. The number of nitrogens with one attached hydrogen (secondary N) is 1. The number of ether oxygens (including phenoxy) is 1. The molecule has 0 fully saturated rings. The van der Waals surface area contributed by atoms with Crippen molar-refractivity contribution in [3.05, 3.63) is 46.7 Å². The lowest BCUT2D eigenvalue weighted by Gasteiger charge is -2.09. The second-order valence-electron chi connectivity index (χ2n) is 4.19. The van der Waals surface area contributed by atoms with Crippen molar-refractivity contribution in [2.45, 2.75) is 6.92 Å². The van der Waals surface area contributed by atoms with Gasteiger partial charge in [-0.1, -0.05) is 11.6 Å². The molecule has 0 atom stereocenters. The van der Waals surface area contributed by atoms with Crippen molar-refractivity contribution in [2.75, 3.05) is 12.4 Å². The van der Waals surface area contributed by atoms with Crippen LogP contribution in [0.3, 0.4) is 0 Å². The van der Waals surface area contributed by atoms with E-state index in [4.69, 9.17) is 16.3 Å². The first-order chi connectivity index (χ1) is 9.51. The molecule has 0 radical (unpaired) electrons. The van der Waals surface area contributed by atoms with Crippen LogP contribution in [-0.2, 0) is 0 Å². The number of benzene rings is 1. The molecule has 20 heavy (non-hydrogen) atoms. The van der Waals surface area contributed by atoms with Gasteiger partial charge >= 0.3 is 0 Å². The van der Waals surface area contributed by atoms with Crippen LogP contribution in [-0.4, -0.2) is 23.1 Å². The van der Waals surface area contributed by atoms with Gasteiger partial charge in [-0.3, -0.25) is 4.79 Å². The maximum Gasteiger partial charge on any atom is 0.259 e. The van der Waals surface area contributed by atoms with Crippen LogP contribution in [0, 0.1) is 6.92 Å². The van der Waals surface area contributed by atoms with Gasteiger partial charge in [0.2, 0.25) is 0 Å². The van der Waals surface area contributed by atoms with E-state index in [1.54, 1.807) is 18.3 Å². The third-order valence-electron chi connectivity index (χ3n) is 2.67. The molecule has 104 valence electrons. The number of aryl methyl sites for hydroxylation is 1. The van der Waals surface area contributed by atoms with Crippen LogP contribution in [0.15, 0.2) is 30.5 Å². The monoisotopic (exact) mass is 292 g/mol. The summed E-state index contributed by atoms with van der Waals surface area (Å²) in [5, 5.41) is 12.5. The van der Waals surface area contributed by atoms with Gasteiger partial charge in [-0.05, 0) is 36.8 Å².